The lowest BCUT2D eigenvalue weighted by molar-refractivity contribution is -0.140. The zero-order chi connectivity index (χ0) is 16.9. The average Bonchev–Trinajstić information content (AvgIpc) is 3.00. The van der Waals surface area contributed by atoms with Crippen LogP contribution in [0.25, 0.3) is 0 Å². The first-order valence-electron chi connectivity index (χ1n) is 8.02. The SMILES string of the molecule is CCCCN(CC(F)(F)F)C(=O)c1ccn(C2CCCNC2)n1.Cl. The van der Waals surface area contributed by atoms with Gasteiger partial charge in [0.15, 0.2) is 0 Å². The maximum atomic E-state index is 12.7. The second-order valence-electron chi connectivity index (χ2n) is 5.88. The molecular formula is C15H24ClF3N4O. The third-order valence-corrected chi connectivity index (χ3v) is 3.91. The van der Waals surface area contributed by atoms with Gasteiger partial charge in [-0.2, -0.15) is 18.3 Å². The molecule has 0 bridgehead atoms. The van der Waals surface area contributed by atoms with E-state index in [9.17, 15) is 18.0 Å². The first-order valence-corrected chi connectivity index (χ1v) is 8.02. The molecule has 0 aromatic carbocycles. The van der Waals surface area contributed by atoms with Crippen LogP contribution in [0.5, 0.6) is 0 Å². The fraction of sp³-hybridized carbons (Fsp3) is 0.733. The number of alkyl halides is 3. The van der Waals surface area contributed by atoms with Crippen LogP contribution in [0.2, 0.25) is 0 Å². The van der Waals surface area contributed by atoms with E-state index in [1.807, 2.05) is 6.92 Å². The molecule has 5 nitrogen and oxygen atoms in total. The number of nitrogens with zero attached hydrogens (tertiary/aromatic N) is 3. The van der Waals surface area contributed by atoms with E-state index in [-0.39, 0.29) is 30.7 Å². The van der Waals surface area contributed by atoms with Gasteiger partial charge < -0.3 is 10.2 Å². The first kappa shape index (κ1) is 20.8. The van der Waals surface area contributed by atoms with Crippen molar-refractivity contribution in [3.63, 3.8) is 0 Å². The Morgan fingerprint density at radius 1 is 1.50 bits per heavy atom. The average molecular weight is 369 g/mol. The van der Waals surface area contributed by atoms with Crippen molar-refractivity contribution >= 4 is 18.3 Å². The smallest absolute Gasteiger partial charge is 0.328 e. The predicted molar refractivity (Wildman–Crippen MR) is 87.5 cm³/mol. The van der Waals surface area contributed by atoms with E-state index >= 15 is 0 Å². The van der Waals surface area contributed by atoms with Crippen LogP contribution < -0.4 is 5.32 Å². The summed E-state index contributed by atoms with van der Waals surface area (Å²) in [5, 5.41) is 7.46. The van der Waals surface area contributed by atoms with Crippen LogP contribution in [-0.4, -0.2) is 52.9 Å². The van der Waals surface area contributed by atoms with Gasteiger partial charge in [-0.05, 0) is 31.9 Å². The van der Waals surface area contributed by atoms with Crippen molar-refractivity contribution in [3.8, 4) is 0 Å². The Labute approximate surface area is 146 Å². The number of aromatic nitrogens is 2. The van der Waals surface area contributed by atoms with Crippen molar-refractivity contribution < 1.29 is 18.0 Å². The fourth-order valence-electron chi connectivity index (χ4n) is 2.69. The second-order valence-corrected chi connectivity index (χ2v) is 5.88. The number of rotatable bonds is 6. The number of nitrogens with one attached hydrogen (secondary N) is 1. The predicted octanol–water partition coefficient (Wildman–Crippen LogP) is 3.03. The molecule has 2 rings (SSSR count). The number of halogens is 4. The molecular weight excluding hydrogens is 345 g/mol. The van der Waals surface area contributed by atoms with E-state index in [0.717, 1.165) is 37.3 Å². The highest BCUT2D eigenvalue weighted by molar-refractivity contribution is 5.92. The molecule has 0 saturated carbocycles. The molecule has 1 atom stereocenters. The van der Waals surface area contributed by atoms with E-state index in [4.69, 9.17) is 0 Å². The Hall–Kier alpha value is -1.28. The third-order valence-electron chi connectivity index (χ3n) is 3.91. The van der Waals surface area contributed by atoms with Crippen molar-refractivity contribution in [3.05, 3.63) is 18.0 Å². The van der Waals surface area contributed by atoms with Gasteiger partial charge in [-0.15, -0.1) is 12.4 Å². The molecule has 1 unspecified atom stereocenters. The summed E-state index contributed by atoms with van der Waals surface area (Å²) >= 11 is 0. The summed E-state index contributed by atoms with van der Waals surface area (Å²) in [4.78, 5) is 13.2. The summed E-state index contributed by atoms with van der Waals surface area (Å²) in [6.07, 6.45) is 0.504. The Morgan fingerprint density at radius 3 is 2.83 bits per heavy atom. The van der Waals surface area contributed by atoms with Crippen LogP contribution >= 0.6 is 12.4 Å². The van der Waals surface area contributed by atoms with Crippen molar-refractivity contribution in [2.45, 2.75) is 44.8 Å². The maximum absolute atomic E-state index is 12.7. The lowest BCUT2D eigenvalue weighted by atomic mass is 10.1. The van der Waals surface area contributed by atoms with Gasteiger partial charge in [-0.1, -0.05) is 13.3 Å². The lowest BCUT2D eigenvalue weighted by Gasteiger charge is -2.24. The quantitative estimate of drug-likeness (QED) is 0.839. The number of amides is 1. The summed E-state index contributed by atoms with van der Waals surface area (Å²) in [5.74, 6) is -0.654. The van der Waals surface area contributed by atoms with Crippen molar-refractivity contribution in [1.82, 2.24) is 20.0 Å². The number of hydrogen-bond acceptors (Lipinski definition) is 3. The normalized spacial score (nSPS) is 18.1. The van der Waals surface area contributed by atoms with Gasteiger partial charge in [0.25, 0.3) is 5.91 Å². The van der Waals surface area contributed by atoms with Gasteiger partial charge in [-0.25, -0.2) is 0 Å². The Balaban J connectivity index is 0.00000288. The Bertz CT molecular complexity index is 515. The minimum absolute atomic E-state index is 0. The standard InChI is InChI=1S/C15H23F3N4O.ClH/c1-2-3-8-21(11-15(16,17)18)14(23)13-6-9-22(20-13)12-5-4-7-19-10-12;/h6,9,12,19H,2-5,7-8,10-11H2,1H3;1H. The lowest BCUT2D eigenvalue weighted by Crippen LogP contribution is -2.40. The fourth-order valence-corrected chi connectivity index (χ4v) is 2.69. The second kappa shape index (κ2) is 9.27. The monoisotopic (exact) mass is 368 g/mol. The zero-order valence-electron chi connectivity index (χ0n) is 13.7. The molecule has 1 saturated heterocycles. The van der Waals surface area contributed by atoms with Crippen molar-refractivity contribution in [2.24, 2.45) is 0 Å². The van der Waals surface area contributed by atoms with Gasteiger partial charge in [0, 0.05) is 19.3 Å². The van der Waals surface area contributed by atoms with Crippen LogP contribution in [0, 0.1) is 0 Å². The zero-order valence-corrected chi connectivity index (χ0v) is 14.5. The van der Waals surface area contributed by atoms with E-state index in [2.05, 4.69) is 10.4 Å². The molecule has 2 heterocycles. The van der Waals surface area contributed by atoms with Gasteiger partial charge in [0.05, 0.1) is 6.04 Å². The number of carbonyl (C=O) groups excluding carboxylic acids is 1. The van der Waals surface area contributed by atoms with Gasteiger partial charge in [0.1, 0.15) is 12.2 Å². The van der Waals surface area contributed by atoms with Gasteiger partial charge in [0.2, 0.25) is 0 Å². The van der Waals surface area contributed by atoms with Gasteiger partial charge in [-0.3, -0.25) is 9.48 Å². The largest absolute Gasteiger partial charge is 0.406 e. The molecule has 138 valence electrons. The summed E-state index contributed by atoms with van der Waals surface area (Å²) in [5.41, 5.74) is 0.0796. The third kappa shape index (κ3) is 5.98. The molecule has 0 aliphatic carbocycles. The first-order chi connectivity index (χ1) is 10.9. The van der Waals surface area contributed by atoms with E-state index in [1.165, 1.54) is 6.07 Å². The Kier molecular flexibility index (Phi) is 8.02. The molecule has 0 spiro atoms. The van der Waals surface area contributed by atoms with Crippen LogP contribution in [-0.2, 0) is 0 Å². The Morgan fingerprint density at radius 2 is 2.25 bits per heavy atom. The number of unbranched alkanes of at least 4 members (excludes halogenated alkanes) is 1. The van der Waals surface area contributed by atoms with E-state index in [1.54, 1.807) is 10.9 Å². The molecule has 24 heavy (non-hydrogen) atoms. The van der Waals surface area contributed by atoms with Crippen LogP contribution in [0.4, 0.5) is 13.2 Å². The molecule has 0 radical (unpaired) electrons. The van der Waals surface area contributed by atoms with Crippen molar-refractivity contribution in [1.29, 1.82) is 0 Å². The van der Waals surface area contributed by atoms with E-state index in [0.29, 0.717) is 6.42 Å². The number of piperidine rings is 1. The number of hydrogen-bond donors (Lipinski definition) is 1. The number of carbonyl (C=O) groups is 1. The molecule has 1 N–H and O–H groups in total. The van der Waals surface area contributed by atoms with Gasteiger partial charge >= 0.3 is 6.18 Å². The topological polar surface area (TPSA) is 50.2 Å². The highest BCUT2D eigenvalue weighted by atomic mass is 35.5. The maximum Gasteiger partial charge on any atom is 0.406 e. The van der Waals surface area contributed by atoms with Crippen molar-refractivity contribution in [2.75, 3.05) is 26.2 Å². The highest BCUT2D eigenvalue weighted by Crippen LogP contribution is 2.20. The molecule has 1 aromatic heterocycles. The molecule has 1 fully saturated rings. The van der Waals surface area contributed by atoms with Crippen LogP contribution in [0.3, 0.4) is 0 Å². The summed E-state index contributed by atoms with van der Waals surface area (Å²) < 4.78 is 39.7. The molecule has 1 amide bonds. The molecule has 1 aliphatic heterocycles. The molecule has 9 heteroatoms. The highest BCUT2D eigenvalue weighted by Gasteiger charge is 2.33. The van der Waals surface area contributed by atoms with E-state index < -0.39 is 18.6 Å². The molecule has 1 aliphatic rings. The summed E-state index contributed by atoms with van der Waals surface area (Å²) in [7, 11) is 0. The van der Waals surface area contributed by atoms with Crippen LogP contribution in [0.15, 0.2) is 12.3 Å². The summed E-state index contributed by atoms with van der Waals surface area (Å²) in [6.45, 7) is 2.45. The minimum Gasteiger partial charge on any atom is -0.328 e. The van der Waals surface area contributed by atoms with Crippen LogP contribution in [0.1, 0.15) is 49.1 Å². The molecule has 1 aromatic rings. The summed E-state index contributed by atoms with van der Waals surface area (Å²) in [6, 6.07) is 1.66. The minimum atomic E-state index is -4.40.